The van der Waals surface area contributed by atoms with E-state index in [2.05, 4.69) is 16.4 Å². The number of pyridine rings is 1. The smallest absolute Gasteiger partial charge is 0.303 e. The Morgan fingerprint density at radius 2 is 1.75 bits per heavy atom. The van der Waals surface area contributed by atoms with Gasteiger partial charge in [0.2, 0.25) is 0 Å². The lowest BCUT2D eigenvalue weighted by molar-refractivity contribution is -0.141. The zero-order valence-corrected chi connectivity index (χ0v) is 24.4. The number of hydrogen-bond donors (Lipinski definition) is 0. The van der Waals surface area contributed by atoms with Crippen LogP contribution in [0.3, 0.4) is 0 Å². The Bertz CT molecular complexity index is 2040. The summed E-state index contributed by atoms with van der Waals surface area (Å²) < 4.78 is 42.5. The summed E-state index contributed by atoms with van der Waals surface area (Å²) >= 11 is 13.0. The van der Waals surface area contributed by atoms with E-state index in [1.54, 1.807) is 22.8 Å². The molecule has 0 bridgehead atoms. The van der Waals surface area contributed by atoms with Crippen LogP contribution in [0.5, 0.6) is 0 Å². The van der Waals surface area contributed by atoms with Crippen LogP contribution in [-0.2, 0) is 23.8 Å². The van der Waals surface area contributed by atoms with Crippen molar-refractivity contribution in [2.45, 2.75) is 50.2 Å². The Morgan fingerprint density at radius 3 is 2.55 bits per heavy atom. The van der Waals surface area contributed by atoms with Gasteiger partial charge < -0.3 is 4.57 Å². The Hall–Kier alpha value is -4.02. The zero-order chi connectivity index (χ0) is 30.5. The number of carbonyl (C=O) groups excluding carboxylic acids is 1. The standard InChI is InChI=1S/C32H22Cl2F3N5O2/c33-19-4-6-26(41-14-28(39-40-41)32(35,36)37)21(11-19)18-9-27-23-12-24(23)30(42(27)29(44)10-18)25-13-22(31(34)38-25)17-2-1-16-8-20(43)5-3-15(16)7-17/h1-2,4,6-7,9-11,14,23-24,30H,3,5,8,12-13H2/t23-,24+,30+/m1/s1. The molecule has 4 aliphatic rings. The van der Waals surface area contributed by atoms with Gasteiger partial charge in [0.25, 0.3) is 5.56 Å². The quantitative estimate of drug-likeness (QED) is 0.228. The summed E-state index contributed by atoms with van der Waals surface area (Å²) in [5.41, 5.74) is 5.76. The number of aromatic nitrogens is 4. The topological polar surface area (TPSA) is 82.1 Å². The van der Waals surface area contributed by atoms with Crippen LogP contribution in [0.25, 0.3) is 22.4 Å². The SMILES string of the molecule is O=C1CCc2cc(C3=C(Cl)N=C([C@@H]4[C@H]5C[C@H]5c5cc(-c6cc(Cl)ccc6-n6cc(C(F)(F)F)nn6)cc(=O)n54)C3)ccc2C1. The monoisotopic (exact) mass is 635 g/mol. The Balaban J connectivity index is 1.12. The van der Waals surface area contributed by atoms with Gasteiger partial charge in [-0.2, -0.15) is 13.2 Å². The predicted octanol–water partition coefficient (Wildman–Crippen LogP) is 6.94. The number of allylic oxidation sites excluding steroid dienone is 1. The van der Waals surface area contributed by atoms with Crippen molar-refractivity contribution in [1.82, 2.24) is 19.6 Å². The number of ketones is 1. The lowest BCUT2D eigenvalue weighted by atomic mass is 9.87. The number of carbonyl (C=O) groups is 1. The number of alkyl halides is 3. The van der Waals surface area contributed by atoms with Gasteiger partial charge in [0, 0.05) is 58.8 Å². The van der Waals surface area contributed by atoms with Crippen molar-refractivity contribution in [3.05, 3.63) is 103 Å². The third-order valence-electron chi connectivity index (χ3n) is 9.11. The Labute approximate surface area is 258 Å². The summed E-state index contributed by atoms with van der Waals surface area (Å²) in [7, 11) is 0. The minimum Gasteiger partial charge on any atom is -0.303 e. The molecule has 3 atom stereocenters. The third kappa shape index (κ3) is 4.45. The van der Waals surface area contributed by atoms with E-state index in [1.165, 1.54) is 6.07 Å². The number of hydrogen-bond acceptors (Lipinski definition) is 5. The highest BCUT2D eigenvalue weighted by atomic mass is 35.5. The molecule has 44 heavy (non-hydrogen) atoms. The van der Waals surface area contributed by atoms with Crippen LogP contribution >= 0.6 is 23.2 Å². The van der Waals surface area contributed by atoms with Crippen molar-refractivity contribution < 1.29 is 18.0 Å². The van der Waals surface area contributed by atoms with Crippen LogP contribution in [0.1, 0.15) is 59.3 Å². The number of aliphatic imine (C=N–C) groups is 1. The van der Waals surface area contributed by atoms with E-state index in [4.69, 9.17) is 28.2 Å². The maximum atomic E-state index is 13.7. The van der Waals surface area contributed by atoms with Gasteiger partial charge in [-0.05, 0) is 65.3 Å². The van der Waals surface area contributed by atoms with Crippen LogP contribution < -0.4 is 5.56 Å². The van der Waals surface area contributed by atoms with E-state index in [0.717, 1.165) is 51.0 Å². The van der Waals surface area contributed by atoms with E-state index in [9.17, 15) is 22.8 Å². The molecular weight excluding hydrogens is 614 g/mol. The Kier molecular flexibility index (Phi) is 6.09. The molecular formula is C32H22Cl2F3N5O2. The highest BCUT2D eigenvalue weighted by Crippen LogP contribution is 2.60. The van der Waals surface area contributed by atoms with Gasteiger partial charge in [-0.15, -0.1) is 5.10 Å². The summed E-state index contributed by atoms with van der Waals surface area (Å²) in [6.45, 7) is 0. The van der Waals surface area contributed by atoms with Crippen LogP contribution in [0.4, 0.5) is 13.2 Å². The van der Waals surface area contributed by atoms with E-state index >= 15 is 0 Å². The number of rotatable bonds is 4. The Morgan fingerprint density at radius 1 is 0.909 bits per heavy atom. The van der Waals surface area contributed by atoms with Gasteiger partial charge in [0.15, 0.2) is 5.69 Å². The molecule has 2 aliphatic heterocycles. The molecule has 0 saturated heterocycles. The minimum absolute atomic E-state index is 0.158. The van der Waals surface area contributed by atoms with E-state index in [-0.39, 0.29) is 29.2 Å². The van der Waals surface area contributed by atoms with Gasteiger partial charge in [-0.1, -0.05) is 46.6 Å². The normalized spacial score (nSPS) is 22.2. The van der Waals surface area contributed by atoms with Gasteiger partial charge >= 0.3 is 6.18 Å². The average Bonchev–Trinajstić information content (AvgIpc) is 3.28. The highest BCUT2D eigenvalue weighted by Gasteiger charge is 2.55. The number of nitrogens with zero attached hydrogens (tertiary/aromatic N) is 5. The molecule has 2 aliphatic carbocycles. The van der Waals surface area contributed by atoms with Crippen molar-refractivity contribution in [3.8, 4) is 16.8 Å². The number of benzene rings is 2. The molecule has 2 aromatic heterocycles. The first kappa shape index (κ1) is 27.5. The molecule has 8 rings (SSSR count). The van der Waals surface area contributed by atoms with Crippen LogP contribution in [0.2, 0.25) is 5.02 Å². The van der Waals surface area contributed by atoms with Crippen LogP contribution in [0, 0.1) is 5.92 Å². The summed E-state index contributed by atoms with van der Waals surface area (Å²) in [4.78, 5) is 30.4. The van der Waals surface area contributed by atoms with Crippen molar-refractivity contribution in [3.63, 3.8) is 0 Å². The highest BCUT2D eigenvalue weighted by molar-refractivity contribution is 6.35. The van der Waals surface area contributed by atoms with E-state index < -0.39 is 11.9 Å². The fourth-order valence-corrected chi connectivity index (χ4v) is 7.41. The summed E-state index contributed by atoms with van der Waals surface area (Å²) in [5.74, 6) is 0.617. The first-order valence-corrected chi connectivity index (χ1v) is 15.0. The number of fused-ring (bicyclic) bond motifs is 4. The van der Waals surface area contributed by atoms with E-state index in [0.29, 0.717) is 52.7 Å². The first-order chi connectivity index (χ1) is 21.0. The van der Waals surface area contributed by atoms with Gasteiger partial charge in [0.05, 0.1) is 17.9 Å². The van der Waals surface area contributed by atoms with Crippen molar-refractivity contribution in [2.75, 3.05) is 0 Å². The predicted molar refractivity (Wildman–Crippen MR) is 159 cm³/mol. The fraction of sp³-hybridized carbons (Fsp3) is 0.281. The fourth-order valence-electron chi connectivity index (χ4n) is 6.95. The number of halogens is 5. The molecule has 4 aromatic rings. The van der Waals surface area contributed by atoms with Gasteiger partial charge in [0.1, 0.15) is 10.9 Å². The number of aryl methyl sites for hydroxylation is 1. The van der Waals surface area contributed by atoms with Crippen LogP contribution in [-0.4, -0.2) is 31.1 Å². The average molecular weight is 636 g/mol. The van der Waals surface area contributed by atoms with Gasteiger partial charge in [-0.3, -0.25) is 9.59 Å². The second kappa shape index (κ2) is 9.74. The molecule has 4 heterocycles. The molecule has 0 radical (unpaired) electrons. The molecule has 2 aromatic carbocycles. The molecule has 0 unspecified atom stereocenters. The van der Waals surface area contributed by atoms with Gasteiger partial charge in [-0.25, -0.2) is 9.67 Å². The summed E-state index contributed by atoms with van der Waals surface area (Å²) in [6, 6.07) is 14.0. The summed E-state index contributed by atoms with van der Waals surface area (Å²) in [6.07, 6.45) is -0.699. The molecule has 222 valence electrons. The molecule has 0 amide bonds. The largest absolute Gasteiger partial charge is 0.436 e. The van der Waals surface area contributed by atoms with Crippen LogP contribution in [0.15, 0.2) is 69.7 Å². The van der Waals surface area contributed by atoms with E-state index in [1.807, 2.05) is 18.2 Å². The third-order valence-corrected chi connectivity index (χ3v) is 9.65. The lowest BCUT2D eigenvalue weighted by Crippen LogP contribution is -2.29. The molecule has 7 nitrogen and oxygen atoms in total. The molecule has 12 heteroatoms. The van der Waals surface area contributed by atoms with Crippen molar-refractivity contribution in [1.29, 1.82) is 0 Å². The minimum atomic E-state index is -4.64. The van der Waals surface area contributed by atoms with Crippen molar-refractivity contribution in [2.24, 2.45) is 10.9 Å². The molecule has 0 N–H and O–H groups in total. The second-order valence-electron chi connectivity index (χ2n) is 11.8. The zero-order valence-electron chi connectivity index (χ0n) is 22.9. The second-order valence-corrected chi connectivity index (χ2v) is 12.6. The molecule has 0 spiro atoms. The molecule has 1 saturated carbocycles. The van der Waals surface area contributed by atoms with Crippen molar-refractivity contribution >= 4 is 40.3 Å². The molecule has 1 fully saturated rings. The lowest BCUT2D eigenvalue weighted by Gasteiger charge is -2.20. The number of Topliss-reactive ketones (excluding diaryl/α,β-unsaturated/α-hetero) is 1. The summed E-state index contributed by atoms with van der Waals surface area (Å²) in [5, 5.41) is 7.74. The maximum Gasteiger partial charge on any atom is 0.436 e. The first-order valence-electron chi connectivity index (χ1n) is 14.2. The maximum absolute atomic E-state index is 13.7.